The van der Waals surface area contributed by atoms with Gasteiger partial charge in [-0.05, 0) is 13.0 Å². The quantitative estimate of drug-likeness (QED) is 0.644. The van der Waals surface area contributed by atoms with Crippen LogP contribution in [0, 0.1) is 17.6 Å². The van der Waals surface area contributed by atoms with Gasteiger partial charge in [0.05, 0.1) is 19.5 Å². The third-order valence-electron chi connectivity index (χ3n) is 5.71. The van der Waals surface area contributed by atoms with E-state index >= 15 is 0 Å². The van der Waals surface area contributed by atoms with Crippen molar-refractivity contribution in [3.8, 4) is 5.75 Å². The number of carbonyl (C=O) groups excluding carboxylic acids is 2. The Kier molecular flexibility index (Phi) is 6.29. The minimum Gasteiger partial charge on any atom is -0.493 e. The molecule has 1 fully saturated rings. The second kappa shape index (κ2) is 8.54. The Bertz CT molecular complexity index is 1100. The summed E-state index contributed by atoms with van der Waals surface area (Å²) in [4.78, 5) is 31.7. The molecule has 1 aliphatic rings. The molecule has 3 N–H and O–H groups in total. The molecule has 1 saturated heterocycles. The van der Waals surface area contributed by atoms with Gasteiger partial charge in [-0.15, -0.1) is 0 Å². The van der Waals surface area contributed by atoms with Crippen molar-refractivity contribution in [2.75, 3.05) is 12.4 Å². The van der Waals surface area contributed by atoms with E-state index < -0.39 is 58.9 Å². The summed E-state index contributed by atoms with van der Waals surface area (Å²) in [6, 6.07) is 1.76. The number of halogens is 5. The number of carbonyl (C=O) groups is 2. The van der Waals surface area contributed by atoms with Crippen molar-refractivity contribution < 1.29 is 41.0 Å². The monoisotopic (exact) mass is 474 g/mol. The summed E-state index contributed by atoms with van der Waals surface area (Å²) in [6.45, 7) is 1.94. The second-order valence-corrected chi connectivity index (χ2v) is 7.58. The second-order valence-electron chi connectivity index (χ2n) is 7.58. The SMILES string of the molecule is COc1c([C@H]2[C@@H](C)[C@@](C)(C(F)(F)F)O[C@H]2C(=O)Nc2cncc(C(N)=O)n2)ccc(F)c1F. The van der Waals surface area contributed by atoms with E-state index in [9.17, 15) is 31.5 Å². The van der Waals surface area contributed by atoms with Crippen LogP contribution in [-0.4, -0.2) is 46.8 Å². The molecule has 1 aliphatic heterocycles. The van der Waals surface area contributed by atoms with Crippen LogP contribution in [0.2, 0.25) is 0 Å². The molecular weight excluding hydrogens is 455 g/mol. The molecule has 178 valence electrons. The molecule has 4 atom stereocenters. The minimum absolute atomic E-state index is 0.186. The van der Waals surface area contributed by atoms with Crippen molar-refractivity contribution in [1.82, 2.24) is 9.97 Å². The maximum atomic E-state index is 14.3. The predicted octanol–water partition coefficient (Wildman–Crippen LogP) is 2.94. The number of ether oxygens (including phenoxy) is 2. The van der Waals surface area contributed by atoms with Gasteiger partial charge >= 0.3 is 6.18 Å². The molecule has 2 amide bonds. The highest BCUT2D eigenvalue weighted by molar-refractivity contribution is 5.95. The maximum absolute atomic E-state index is 14.3. The van der Waals surface area contributed by atoms with Crippen LogP contribution in [0.5, 0.6) is 5.75 Å². The number of rotatable bonds is 5. The van der Waals surface area contributed by atoms with Crippen LogP contribution >= 0.6 is 0 Å². The zero-order chi connectivity index (χ0) is 24.7. The van der Waals surface area contributed by atoms with Crippen LogP contribution in [0.3, 0.4) is 0 Å². The number of nitrogens with two attached hydrogens (primary N) is 1. The molecule has 1 aromatic carbocycles. The van der Waals surface area contributed by atoms with E-state index in [1.165, 1.54) is 6.92 Å². The number of anilines is 1. The van der Waals surface area contributed by atoms with E-state index in [4.69, 9.17) is 15.2 Å². The summed E-state index contributed by atoms with van der Waals surface area (Å²) in [6.07, 6.45) is -4.65. The summed E-state index contributed by atoms with van der Waals surface area (Å²) in [5.74, 6) is -8.45. The summed E-state index contributed by atoms with van der Waals surface area (Å²) in [5, 5.41) is 2.23. The number of nitrogens with one attached hydrogen (secondary N) is 1. The van der Waals surface area contributed by atoms with Crippen LogP contribution in [-0.2, 0) is 9.53 Å². The van der Waals surface area contributed by atoms with Crippen molar-refractivity contribution in [3.63, 3.8) is 0 Å². The highest BCUT2D eigenvalue weighted by Gasteiger charge is 2.65. The molecule has 0 saturated carbocycles. The lowest BCUT2D eigenvalue weighted by Crippen LogP contribution is -2.47. The molecule has 2 heterocycles. The topological polar surface area (TPSA) is 116 Å². The number of hydrogen-bond acceptors (Lipinski definition) is 6. The largest absolute Gasteiger partial charge is 0.493 e. The highest BCUT2D eigenvalue weighted by atomic mass is 19.4. The molecule has 2 aromatic rings. The first-order valence-electron chi connectivity index (χ1n) is 9.51. The lowest BCUT2D eigenvalue weighted by atomic mass is 9.77. The van der Waals surface area contributed by atoms with E-state index in [1.807, 2.05) is 0 Å². The van der Waals surface area contributed by atoms with Crippen LogP contribution in [0.4, 0.5) is 27.8 Å². The first-order chi connectivity index (χ1) is 15.3. The number of benzene rings is 1. The number of amides is 2. The van der Waals surface area contributed by atoms with E-state index in [-0.39, 0.29) is 17.1 Å². The van der Waals surface area contributed by atoms with Crippen LogP contribution < -0.4 is 15.8 Å². The van der Waals surface area contributed by atoms with Crippen molar-refractivity contribution >= 4 is 17.6 Å². The van der Waals surface area contributed by atoms with Crippen LogP contribution in [0.15, 0.2) is 24.5 Å². The number of alkyl halides is 3. The van der Waals surface area contributed by atoms with Gasteiger partial charge < -0.3 is 20.5 Å². The Hall–Kier alpha value is -3.35. The van der Waals surface area contributed by atoms with Gasteiger partial charge in [0.15, 0.2) is 23.0 Å². The Labute approximate surface area is 184 Å². The van der Waals surface area contributed by atoms with Gasteiger partial charge in [-0.2, -0.15) is 17.6 Å². The molecule has 13 heteroatoms. The number of primary amides is 1. The fourth-order valence-corrected chi connectivity index (χ4v) is 3.78. The molecular formula is C20H19F5N4O4. The molecule has 1 aromatic heterocycles. The average molecular weight is 474 g/mol. The highest BCUT2D eigenvalue weighted by Crippen LogP contribution is 2.54. The van der Waals surface area contributed by atoms with Crippen molar-refractivity contribution in [3.05, 3.63) is 47.4 Å². The first kappa shape index (κ1) is 24.3. The molecule has 0 bridgehead atoms. The first-order valence-corrected chi connectivity index (χ1v) is 9.51. The van der Waals surface area contributed by atoms with Gasteiger partial charge in [0, 0.05) is 17.4 Å². The zero-order valence-corrected chi connectivity index (χ0v) is 17.5. The minimum atomic E-state index is -4.91. The molecule has 0 radical (unpaired) electrons. The number of aromatic nitrogens is 2. The summed E-state index contributed by atoms with van der Waals surface area (Å²) in [7, 11) is 1.02. The van der Waals surface area contributed by atoms with Gasteiger partial charge in [-0.1, -0.05) is 13.0 Å². The Morgan fingerprint density at radius 3 is 2.48 bits per heavy atom. The molecule has 8 nitrogen and oxygen atoms in total. The third kappa shape index (κ3) is 4.19. The summed E-state index contributed by atoms with van der Waals surface area (Å²) < 4.78 is 79.9. The summed E-state index contributed by atoms with van der Waals surface area (Å²) >= 11 is 0. The standard InChI is InChI=1S/C20H19F5N4O4/c1-8-13(9-4-5-10(21)14(22)15(9)32-3)16(33-19(8,2)20(23,24)25)18(31)29-12-7-27-6-11(28-12)17(26)30/h4-8,13,16H,1-3H3,(H2,26,30)(H,28,29,31)/t8-,13-,16-,19+/m1/s1. The number of nitrogens with zero attached hydrogens (tertiary/aromatic N) is 2. The van der Waals surface area contributed by atoms with Gasteiger partial charge in [-0.25, -0.2) is 9.37 Å². The Balaban J connectivity index is 2.07. The molecule has 3 rings (SSSR count). The number of methoxy groups -OCH3 is 1. The van der Waals surface area contributed by atoms with Gasteiger partial charge in [0.1, 0.15) is 11.8 Å². The van der Waals surface area contributed by atoms with Crippen molar-refractivity contribution in [2.45, 2.75) is 37.6 Å². The fourth-order valence-electron chi connectivity index (χ4n) is 3.78. The molecule has 0 spiro atoms. The maximum Gasteiger partial charge on any atom is 0.417 e. The molecule has 0 unspecified atom stereocenters. The lowest BCUT2D eigenvalue weighted by molar-refractivity contribution is -0.272. The Morgan fingerprint density at radius 1 is 1.24 bits per heavy atom. The number of hydrogen-bond donors (Lipinski definition) is 2. The van der Waals surface area contributed by atoms with E-state index in [2.05, 4.69) is 15.3 Å². The predicted molar refractivity (Wildman–Crippen MR) is 103 cm³/mol. The average Bonchev–Trinajstić information content (AvgIpc) is 3.02. The van der Waals surface area contributed by atoms with E-state index in [0.717, 1.165) is 38.6 Å². The summed E-state index contributed by atoms with van der Waals surface area (Å²) in [5.41, 5.74) is 1.82. The van der Waals surface area contributed by atoms with Crippen LogP contribution in [0.25, 0.3) is 0 Å². The fraction of sp³-hybridized carbons (Fsp3) is 0.400. The van der Waals surface area contributed by atoms with Gasteiger partial charge in [-0.3, -0.25) is 14.6 Å². The molecule has 33 heavy (non-hydrogen) atoms. The Morgan fingerprint density at radius 2 is 1.91 bits per heavy atom. The lowest BCUT2D eigenvalue weighted by Gasteiger charge is -2.32. The van der Waals surface area contributed by atoms with Crippen molar-refractivity contribution in [1.29, 1.82) is 0 Å². The smallest absolute Gasteiger partial charge is 0.417 e. The third-order valence-corrected chi connectivity index (χ3v) is 5.71. The van der Waals surface area contributed by atoms with Gasteiger partial charge in [0.2, 0.25) is 5.82 Å². The van der Waals surface area contributed by atoms with Gasteiger partial charge in [0.25, 0.3) is 11.8 Å². The van der Waals surface area contributed by atoms with Crippen molar-refractivity contribution in [2.24, 2.45) is 11.7 Å². The normalized spacial score (nSPS) is 25.0. The van der Waals surface area contributed by atoms with E-state index in [0.29, 0.717) is 0 Å². The van der Waals surface area contributed by atoms with Crippen LogP contribution in [0.1, 0.15) is 35.8 Å². The zero-order valence-electron chi connectivity index (χ0n) is 17.5. The van der Waals surface area contributed by atoms with E-state index in [1.54, 1.807) is 0 Å². The molecule has 0 aliphatic carbocycles.